The molecular weight excluding hydrogens is 322 g/mol. The van der Waals surface area contributed by atoms with Crippen LogP contribution < -0.4 is 10.2 Å². The Morgan fingerprint density at radius 2 is 2.00 bits per heavy atom. The van der Waals surface area contributed by atoms with Gasteiger partial charge in [0.25, 0.3) is 5.91 Å². The van der Waals surface area contributed by atoms with Gasteiger partial charge in [0.1, 0.15) is 4.88 Å². The van der Waals surface area contributed by atoms with Crippen molar-refractivity contribution in [1.29, 1.82) is 0 Å². The van der Waals surface area contributed by atoms with Crippen LogP contribution >= 0.6 is 11.3 Å². The van der Waals surface area contributed by atoms with Gasteiger partial charge in [0.2, 0.25) is 5.91 Å². The summed E-state index contributed by atoms with van der Waals surface area (Å²) in [4.78, 5) is 31.8. The molecule has 2 fully saturated rings. The number of thiazole rings is 1. The summed E-state index contributed by atoms with van der Waals surface area (Å²) in [6, 6.07) is 0.271. The first-order valence-electron chi connectivity index (χ1n) is 9.07. The van der Waals surface area contributed by atoms with Gasteiger partial charge in [-0.15, -0.1) is 0 Å². The van der Waals surface area contributed by atoms with Gasteiger partial charge >= 0.3 is 0 Å². The molecule has 1 N–H and O–H groups in total. The quantitative estimate of drug-likeness (QED) is 0.901. The van der Waals surface area contributed by atoms with E-state index < -0.39 is 0 Å². The van der Waals surface area contributed by atoms with E-state index in [1.165, 1.54) is 24.2 Å². The minimum absolute atomic E-state index is 0.0198. The highest BCUT2D eigenvalue weighted by Crippen LogP contribution is 2.33. The van der Waals surface area contributed by atoms with Crippen molar-refractivity contribution in [3.8, 4) is 0 Å². The summed E-state index contributed by atoms with van der Waals surface area (Å²) in [6.45, 7) is 7.08. The third-order valence-corrected chi connectivity index (χ3v) is 6.14. The Hall–Kier alpha value is -1.43. The molecule has 24 heavy (non-hydrogen) atoms. The molecule has 1 aromatic rings. The van der Waals surface area contributed by atoms with Crippen LogP contribution in [0.2, 0.25) is 0 Å². The fourth-order valence-corrected chi connectivity index (χ4v) is 4.66. The van der Waals surface area contributed by atoms with Gasteiger partial charge in [-0.1, -0.05) is 32.1 Å². The highest BCUT2D eigenvalue weighted by Gasteiger charge is 2.29. The van der Waals surface area contributed by atoms with Crippen molar-refractivity contribution in [1.82, 2.24) is 10.3 Å². The molecule has 2 aliphatic rings. The highest BCUT2D eigenvalue weighted by atomic mass is 32.1. The molecule has 2 amide bonds. The van der Waals surface area contributed by atoms with Crippen LogP contribution in [0.25, 0.3) is 0 Å². The van der Waals surface area contributed by atoms with E-state index in [9.17, 15) is 9.59 Å². The van der Waals surface area contributed by atoms with E-state index in [1.54, 1.807) is 4.90 Å². The molecule has 132 valence electrons. The second-order valence-corrected chi connectivity index (χ2v) is 8.42. The van der Waals surface area contributed by atoms with Crippen molar-refractivity contribution in [2.24, 2.45) is 5.92 Å². The maximum absolute atomic E-state index is 12.8. The van der Waals surface area contributed by atoms with Crippen LogP contribution in [0.5, 0.6) is 0 Å². The number of rotatable bonds is 4. The molecule has 1 saturated heterocycles. The minimum atomic E-state index is -0.0198. The van der Waals surface area contributed by atoms with Gasteiger partial charge < -0.3 is 5.32 Å². The van der Waals surface area contributed by atoms with Crippen LogP contribution in [0.4, 0.5) is 5.13 Å². The number of hydrogen-bond acceptors (Lipinski definition) is 4. The van der Waals surface area contributed by atoms with Gasteiger partial charge in [-0.25, -0.2) is 4.98 Å². The fraction of sp³-hybridized carbons (Fsp3) is 0.722. The average molecular weight is 350 g/mol. The second kappa shape index (κ2) is 7.21. The number of amides is 2. The second-order valence-electron chi connectivity index (χ2n) is 7.44. The SMILES string of the molecule is CC1CCC(NC(=O)c2sc(N3CCCC3=O)nc2C(C)C)CC1. The molecule has 1 aliphatic carbocycles. The third-order valence-electron chi connectivity index (χ3n) is 5.05. The van der Waals surface area contributed by atoms with Crippen LogP contribution in [-0.4, -0.2) is 29.4 Å². The molecule has 0 aromatic carbocycles. The lowest BCUT2D eigenvalue weighted by Crippen LogP contribution is -2.37. The van der Waals surface area contributed by atoms with Crippen LogP contribution in [0.3, 0.4) is 0 Å². The summed E-state index contributed by atoms with van der Waals surface area (Å²) < 4.78 is 0. The third kappa shape index (κ3) is 3.63. The number of nitrogens with one attached hydrogen (secondary N) is 1. The molecule has 0 spiro atoms. The molecule has 6 heteroatoms. The molecule has 0 radical (unpaired) electrons. The largest absolute Gasteiger partial charge is 0.349 e. The Morgan fingerprint density at radius 1 is 1.29 bits per heavy atom. The standard InChI is InChI=1S/C18H27N3O2S/c1-11(2)15-16(17(23)19-13-8-6-12(3)7-9-13)24-18(20-15)21-10-4-5-14(21)22/h11-13H,4-10H2,1-3H3,(H,19,23). The van der Waals surface area contributed by atoms with Crippen molar-refractivity contribution in [3.05, 3.63) is 10.6 Å². The fourth-order valence-electron chi connectivity index (χ4n) is 3.50. The number of anilines is 1. The van der Waals surface area contributed by atoms with E-state index >= 15 is 0 Å². The Bertz CT molecular complexity index is 618. The predicted molar refractivity (Wildman–Crippen MR) is 96.7 cm³/mol. The molecule has 1 aromatic heterocycles. The first-order valence-corrected chi connectivity index (χ1v) is 9.89. The number of hydrogen-bond donors (Lipinski definition) is 1. The smallest absolute Gasteiger partial charge is 0.263 e. The zero-order valence-electron chi connectivity index (χ0n) is 14.8. The number of aromatic nitrogens is 1. The highest BCUT2D eigenvalue weighted by molar-refractivity contribution is 7.17. The lowest BCUT2D eigenvalue weighted by atomic mass is 9.87. The van der Waals surface area contributed by atoms with Crippen LogP contribution in [0.1, 0.15) is 80.6 Å². The molecular formula is C18H27N3O2S. The Morgan fingerprint density at radius 3 is 2.58 bits per heavy atom. The molecule has 0 bridgehead atoms. The van der Waals surface area contributed by atoms with E-state index in [0.717, 1.165) is 30.9 Å². The van der Waals surface area contributed by atoms with Gasteiger partial charge in [-0.05, 0) is 43.9 Å². The van der Waals surface area contributed by atoms with E-state index in [2.05, 4.69) is 17.2 Å². The summed E-state index contributed by atoms with van der Waals surface area (Å²) in [7, 11) is 0. The Balaban J connectivity index is 1.77. The summed E-state index contributed by atoms with van der Waals surface area (Å²) in [5.74, 6) is 1.03. The van der Waals surface area contributed by atoms with Crippen molar-refractivity contribution in [2.45, 2.75) is 71.3 Å². The van der Waals surface area contributed by atoms with Gasteiger partial charge in [0, 0.05) is 19.0 Å². The van der Waals surface area contributed by atoms with E-state index in [4.69, 9.17) is 0 Å². The summed E-state index contributed by atoms with van der Waals surface area (Å²) in [6.07, 6.45) is 5.92. The number of carbonyl (C=O) groups is 2. The Labute approximate surface area is 147 Å². The molecule has 0 unspecified atom stereocenters. The van der Waals surface area contributed by atoms with Crippen LogP contribution in [0, 0.1) is 5.92 Å². The van der Waals surface area contributed by atoms with Gasteiger partial charge in [0.15, 0.2) is 5.13 Å². The molecule has 1 saturated carbocycles. The van der Waals surface area contributed by atoms with Crippen molar-refractivity contribution >= 4 is 28.3 Å². The first-order chi connectivity index (χ1) is 11.5. The first kappa shape index (κ1) is 17.4. The minimum Gasteiger partial charge on any atom is -0.349 e. The Kier molecular flexibility index (Phi) is 5.23. The van der Waals surface area contributed by atoms with Crippen molar-refractivity contribution in [2.75, 3.05) is 11.4 Å². The average Bonchev–Trinajstić information content (AvgIpc) is 3.15. The van der Waals surface area contributed by atoms with Crippen LogP contribution in [-0.2, 0) is 4.79 Å². The van der Waals surface area contributed by atoms with E-state index in [1.807, 2.05) is 13.8 Å². The lowest BCUT2D eigenvalue weighted by molar-refractivity contribution is -0.117. The normalized spacial score (nSPS) is 24.7. The van der Waals surface area contributed by atoms with Crippen molar-refractivity contribution in [3.63, 3.8) is 0 Å². The summed E-state index contributed by atoms with van der Waals surface area (Å²) in [5.41, 5.74) is 0.816. The number of carbonyl (C=O) groups excluding carboxylic acids is 2. The maximum Gasteiger partial charge on any atom is 0.263 e. The maximum atomic E-state index is 12.8. The van der Waals surface area contributed by atoms with Crippen LogP contribution in [0.15, 0.2) is 0 Å². The van der Waals surface area contributed by atoms with Gasteiger partial charge in [0.05, 0.1) is 5.69 Å². The van der Waals surface area contributed by atoms with Gasteiger partial charge in [-0.2, -0.15) is 0 Å². The number of nitrogens with zero attached hydrogens (tertiary/aromatic N) is 2. The van der Waals surface area contributed by atoms with Crippen molar-refractivity contribution < 1.29 is 9.59 Å². The van der Waals surface area contributed by atoms with E-state index in [-0.39, 0.29) is 23.8 Å². The summed E-state index contributed by atoms with van der Waals surface area (Å²) in [5, 5.41) is 3.88. The molecule has 0 atom stereocenters. The van der Waals surface area contributed by atoms with Gasteiger partial charge in [-0.3, -0.25) is 14.5 Å². The zero-order valence-corrected chi connectivity index (χ0v) is 15.6. The lowest BCUT2D eigenvalue weighted by Gasteiger charge is -2.26. The topological polar surface area (TPSA) is 62.3 Å². The molecule has 3 rings (SSSR count). The molecule has 2 heterocycles. The molecule has 1 aliphatic heterocycles. The summed E-state index contributed by atoms with van der Waals surface area (Å²) >= 11 is 1.37. The molecule has 5 nitrogen and oxygen atoms in total. The monoisotopic (exact) mass is 349 g/mol. The zero-order chi connectivity index (χ0) is 17.3. The van der Waals surface area contributed by atoms with E-state index in [0.29, 0.717) is 23.0 Å². The predicted octanol–water partition coefficient (Wildman–Crippen LogP) is 3.70.